The maximum absolute atomic E-state index is 11.0. The Morgan fingerprint density at radius 2 is 2.12 bits per heavy atom. The largest absolute Gasteiger partial charge is 0.452 e. The highest BCUT2D eigenvalue weighted by Crippen LogP contribution is 2.00. The van der Waals surface area contributed by atoms with E-state index >= 15 is 0 Å². The topological polar surface area (TPSA) is 62.7 Å². The van der Waals surface area contributed by atoms with Crippen LogP contribution in [0.25, 0.3) is 11.6 Å². The predicted octanol–water partition coefficient (Wildman–Crippen LogP) is 2.27. The average molecular weight is 281 g/mol. The average Bonchev–Trinajstić information content (AvgIpc) is 2.34. The number of hydrogen-bond donors (Lipinski definition) is 0. The molecule has 0 atom stereocenters. The van der Waals surface area contributed by atoms with Crippen molar-refractivity contribution in [2.75, 3.05) is 6.61 Å². The molecule has 82 valence electrons. The molecule has 4 nitrogen and oxygen atoms in total. The van der Waals surface area contributed by atoms with E-state index in [0.29, 0.717) is 0 Å². The molecule has 16 heavy (non-hydrogen) atoms. The molecule has 0 heterocycles. The number of ether oxygens (including phenoxy) is 1. The number of esters is 1. The highest BCUT2D eigenvalue weighted by Gasteiger charge is 2.16. The van der Waals surface area contributed by atoms with Crippen LogP contribution in [0.3, 0.4) is 0 Å². The normalized spacial score (nSPS) is 9.81. The van der Waals surface area contributed by atoms with Gasteiger partial charge in [-0.2, -0.15) is 4.79 Å². The minimum atomic E-state index is -0.708. The third-order valence-electron chi connectivity index (χ3n) is 1.68. The van der Waals surface area contributed by atoms with E-state index in [-0.39, 0.29) is 11.2 Å². The second-order valence-electron chi connectivity index (χ2n) is 2.80. The monoisotopic (exact) mass is 280 g/mol. The summed E-state index contributed by atoms with van der Waals surface area (Å²) in [5, 5.41) is 0. The third-order valence-corrected chi connectivity index (χ3v) is 2.16. The van der Waals surface area contributed by atoms with Gasteiger partial charge in [-0.15, -0.1) is 0 Å². The van der Waals surface area contributed by atoms with Crippen LogP contribution in [0.1, 0.15) is 5.56 Å². The summed E-state index contributed by atoms with van der Waals surface area (Å²) < 4.78 is 4.50. The van der Waals surface area contributed by atoms with Gasteiger partial charge in [-0.3, -0.25) is 0 Å². The van der Waals surface area contributed by atoms with Crippen LogP contribution < -0.4 is 0 Å². The molecule has 0 fully saturated rings. The van der Waals surface area contributed by atoms with Crippen molar-refractivity contribution in [3.05, 3.63) is 47.5 Å². The van der Waals surface area contributed by atoms with Crippen molar-refractivity contribution in [3.63, 3.8) is 0 Å². The molecule has 0 bridgehead atoms. The zero-order valence-electron chi connectivity index (χ0n) is 8.34. The molecule has 0 spiro atoms. The van der Waals surface area contributed by atoms with Gasteiger partial charge in [-0.05, 0) is 11.6 Å². The Hall–Kier alpha value is -1.71. The van der Waals surface area contributed by atoms with Crippen LogP contribution in [0.5, 0.6) is 0 Å². The standard InChI is InChI=1S/C11H9BrN2O2/c12-10(14-13)11(15)16-8-4-7-9-5-2-1-3-6-9/h1-7H,8H2/b7-4+. The highest BCUT2D eigenvalue weighted by atomic mass is 79.9. The van der Waals surface area contributed by atoms with Crippen molar-refractivity contribution in [2.45, 2.75) is 0 Å². The van der Waals surface area contributed by atoms with Crippen LogP contribution in [-0.2, 0) is 9.53 Å². The van der Waals surface area contributed by atoms with Crippen LogP contribution in [0.15, 0.2) is 36.4 Å². The van der Waals surface area contributed by atoms with Crippen LogP contribution >= 0.6 is 15.9 Å². The molecular weight excluding hydrogens is 272 g/mol. The van der Waals surface area contributed by atoms with Crippen molar-refractivity contribution in [2.24, 2.45) is 0 Å². The van der Waals surface area contributed by atoms with Gasteiger partial charge < -0.3 is 10.3 Å². The van der Waals surface area contributed by atoms with E-state index in [9.17, 15) is 4.79 Å². The molecule has 0 aliphatic rings. The number of nitrogens with zero attached hydrogens (tertiary/aromatic N) is 2. The Morgan fingerprint density at radius 1 is 1.44 bits per heavy atom. The Bertz CT molecular complexity index is 437. The van der Waals surface area contributed by atoms with E-state index in [2.05, 4.69) is 20.7 Å². The lowest BCUT2D eigenvalue weighted by Gasteiger charge is -1.94. The van der Waals surface area contributed by atoms with E-state index in [4.69, 9.17) is 10.3 Å². The van der Waals surface area contributed by atoms with Crippen LogP contribution in [0.4, 0.5) is 0 Å². The zero-order chi connectivity index (χ0) is 11.8. The van der Waals surface area contributed by atoms with E-state index in [1.807, 2.05) is 36.4 Å². The third kappa shape index (κ3) is 4.21. The van der Waals surface area contributed by atoms with Crippen LogP contribution in [0.2, 0.25) is 0 Å². The van der Waals surface area contributed by atoms with Crippen molar-refractivity contribution in [1.82, 2.24) is 0 Å². The zero-order valence-corrected chi connectivity index (χ0v) is 9.92. The van der Waals surface area contributed by atoms with Gasteiger partial charge in [0.25, 0.3) is 0 Å². The van der Waals surface area contributed by atoms with Gasteiger partial charge in [0, 0.05) is 0 Å². The molecule has 0 unspecified atom stereocenters. The maximum Gasteiger partial charge on any atom is 0.440 e. The molecular formula is C11H9BrN2O2. The van der Waals surface area contributed by atoms with Crippen molar-refractivity contribution >= 4 is 32.6 Å². The summed E-state index contributed by atoms with van der Waals surface area (Å²) >= 11 is 2.74. The highest BCUT2D eigenvalue weighted by molar-refractivity contribution is 9.19. The quantitative estimate of drug-likeness (QED) is 0.368. The molecule has 0 saturated heterocycles. The molecule has 0 amide bonds. The van der Waals surface area contributed by atoms with E-state index in [1.54, 1.807) is 6.08 Å². The second kappa shape index (κ2) is 6.71. The summed E-state index contributed by atoms with van der Waals surface area (Å²) in [6.45, 7) is 0.123. The molecule has 0 aromatic heterocycles. The number of rotatable bonds is 4. The fourth-order valence-corrected chi connectivity index (χ4v) is 1.09. The SMILES string of the molecule is [N-]=[N+]=C(Br)C(=O)OC/C=C/c1ccccc1. The van der Waals surface area contributed by atoms with Gasteiger partial charge in [0.2, 0.25) is 0 Å². The minimum absolute atomic E-state index is 0.123. The van der Waals surface area contributed by atoms with Gasteiger partial charge >= 0.3 is 10.6 Å². The van der Waals surface area contributed by atoms with Crippen molar-refractivity contribution in [1.29, 1.82) is 0 Å². The fraction of sp³-hybridized carbons (Fsp3) is 0.0909. The lowest BCUT2D eigenvalue weighted by molar-refractivity contribution is -0.138. The molecule has 1 aromatic rings. The summed E-state index contributed by atoms with van der Waals surface area (Å²) in [7, 11) is 0. The number of benzene rings is 1. The van der Waals surface area contributed by atoms with E-state index in [1.165, 1.54) is 0 Å². The van der Waals surface area contributed by atoms with E-state index < -0.39 is 5.97 Å². The fourth-order valence-electron chi connectivity index (χ4n) is 0.973. The minimum Gasteiger partial charge on any atom is -0.452 e. The summed E-state index contributed by atoms with van der Waals surface area (Å²) in [6, 6.07) is 9.63. The van der Waals surface area contributed by atoms with Gasteiger partial charge in [-0.1, -0.05) is 36.4 Å². The summed E-state index contributed by atoms with van der Waals surface area (Å²) in [5.74, 6) is -0.708. The van der Waals surface area contributed by atoms with Crippen LogP contribution in [0, 0.1) is 0 Å². The Kier molecular flexibility index (Phi) is 5.19. The van der Waals surface area contributed by atoms with Gasteiger partial charge in [0.1, 0.15) is 6.61 Å². The number of hydrogen-bond acceptors (Lipinski definition) is 2. The molecule has 0 N–H and O–H groups in total. The number of carbonyl (C=O) groups is 1. The first-order valence-electron chi connectivity index (χ1n) is 4.50. The summed E-state index contributed by atoms with van der Waals surface area (Å²) in [6.07, 6.45) is 3.53. The first-order chi connectivity index (χ1) is 7.74. The molecule has 0 aliphatic carbocycles. The second-order valence-corrected chi connectivity index (χ2v) is 3.55. The van der Waals surface area contributed by atoms with Gasteiger partial charge in [-0.25, -0.2) is 4.79 Å². The molecule has 0 saturated carbocycles. The maximum atomic E-state index is 11.0. The van der Waals surface area contributed by atoms with E-state index in [0.717, 1.165) is 5.56 Å². The molecule has 0 radical (unpaired) electrons. The van der Waals surface area contributed by atoms with Gasteiger partial charge in [0.05, 0.1) is 15.9 Å². The first kappa shape index (κ1) is 12.4. The Morgan fingerprint density at radius 3 is 2.75 bits per heavy atom. The predicted molar refractivity (Wildman–Crippen MR) is 64.0 cm³/mol. The van der Waals surface area contributed by atoms with Crippen molar-refractivity contribution < 1.29 is 14.3 Å². The molecule has 1 rings (SSSR count). The van der Waals surface area contributed by atoms with Gasteiger partial charge in [0.15, 0.2) is 0 Å². The first-order valence-corrected chi connectivity index (χ1v) is 5.29. The number of carbonyl (C=O) groups excluding carboxylic acids is 1. The Labute approximate surface area is 101 Å². The molecule has 5 heteroatoms. The summed E-state index contributed by atoms with van der Waals surface area (Å²) in [4.78, 5) is 13.7. The molecule has 0 aliphatic heterocycles. The lowest BCUT2D eigenvalue weighted by atomic mass is 10.2. The molecule has 1 aromatic carbocycles. The lowest BCUT2D eigenvalue weighted by Crippen LogP contribution is -2.12. The summed E-state index contributed by atoms with van der Waals surface area (Å²) in [5.41, 5.74) is 9.28. The smallest absolute Gasteiger partial charge is 0.440 e. The van der Waals surface area contributed by atoms with Crippen LogP contribution in [-0.4, -0.2) is 22.0 Å². The number of halogens is 1. The van der Waals surface area contributed by atoms with Crippen molar-refractivity contribution in [3.8, 4) is 0 Å². The Balaban J connectivity index is 2.39.